The average Bonchev–Trinajstić information content (AvgIpc) is 2.17. The average molecular weight is 202 g/mol. The van der Waals surface area contributed by atoms with Crippen molar-refractivity contribution >= 4 is 5.91 Å². The highest BCUT2D eigenvalue weighted by molar-refractivity contribution is 5.82. The second-order valence-electron chi connectivity index (χ2n) is 2.68. The Labute approximate surface area is 78.4 Å². The molecular weight excluding hydrogens is 194 g/mol. The lowest BCUT2D eigenvalue weighted by Gasteiger charge is -2.18. The third-order valence-corrected chi connectivity index (χ3v) is 1.67. The van der Waals surface area contributed by atoms with Gasteiger partial charge in [-0.25, -0.2) is 0 Å². The number of rotatable bonds is 3. The van der Waals surface area contributed by atoms with E-state index in [9.17, 15) is 13.6 Å². The summed E-state index contributed by atoms with van der Waals surface area (Å²) in [4.78, 5) is 13.9. The van der Waals surface area contributed by atoms with Gasteiger partial charge in [0.2, 0.25) is 0 Å². The quantitative estimate of drug-likeness (QED) is 0.736. The third-order valence-electron chi connectivity index (χ3n) is 1.67. The van der Waals surface area contributed by atoms with Gasteiger partial charge in [-0.2, -0.15) is 8.78 Å². The Hall–Kier alpha value is -1.56. The summed E-state index contributed by atoms with van der Waals surface area (Å²) in [6, 6.07) is 2.60. The maximum atomic E-state index is 12.9. The molecule has 0 aliphatic rings. The van der Waals surface area contributed by atoms with Crippen molar-refractivity contribution in [1.82, 2.24) is 4.98 Å². The van der Waals surface area contributed by atoms with Crippen LogP contribution in [0.5, 0.6) is 0 Å². The highest BCUT2D eigenvalue weighted by Crippen LogP contribution is 2.30. The molecule has 1 aromatic heterocycles. The summed E-state index contributed by atoms with van der Waals surface area (Å²) in [5.41, 5.74) is 4.28. The Morgan fingerprint density at radius 1 is 1.64 bits per heavy atom. The maximum Gasteiger partial charge on any atom is 0.353 e. The highest BCUT2D eigenvalue weighted by atomic mass is 19.3. The molecule has 4 nitrogen and oxygen atoms in total. The maximum absolute atomic E-state index is 12.9. The smallest absolute Gasteiger partial charge is 0.353 e. The molecule has 0 saturated heterocycles. The molecule has 0 spiro atoms. The fourth-order valence-corrected chi connectivity index (χ4v) is 0.882. The molecule has 0 aromatic carbocycles. The molecule has 1 amide bonds. The van der Waals surface area contributed by atoms with Crippen LogP contribution in [0.1, 0.15) is 11.7 Å². The number of carbonyl (C=O) groups excluding carboxylic acids is 1. The molecule has 0 saturated carbocycles. The standard InChI is InChI=1S/C8H8F2N2O2/c9-8(10,7(11)14)6(13)5-2-1-3-12-4-5/h1-4,6,13H,(H2,11,14)/t6-/m0/s1. The zero-order valence-electron chi connectivity index (χ0n) is 7.02. The van der Waals surface area contributed by atoms with E-state index in [1.54, 1.807) is 0 Å². The van der Waals surface area contributed by atoms with E-state index in [4.69, 9.17) is 5.11 Å². The molecule has 0 bridgehead atoms. The number of aliphatic hydroxyl groups is 1. The van der Waals surface area contributed by atoms with Crippen LogP contribution in [0.3, 0.4) is 0 Å². The van der Waals surface area contributed by atoms with E-state index in [0.717, 1.165) is 6.20 Å². The lowest BCUT2D eigenvalue weighted by atomic mass is 10.1. The second kappa shape index (κ2) is 3.67. The topological polar surface area (TPSA) is 76.2 Å². The number of alkyl halides is 2. The molecule has 1 atom stereocenters. The first kappa shape index (κ1) is 10.5. The molecule has 3 N–H and O–H groups in total. The number of halogens is 2. The van der Waals surface area contributed by atoms with E-state index in [1.165, 1.54) is 18.3 Å². The summed E-state index contributed by atoms with van der Waals surface area (Å²) in [6.45, 7) is 0. The summed E-state index contributed by atoms with van der Waals surface area (Å²) in [5, 5.41) is 9.13. The molecule has 0 aliphatic carbocycles. The summed E-state index contributed by atoms with van der Waals surface area (Å²) in [6.07, 6.45) is 0.147. The molecule has 1 aromatic rings. The Kier molecular flexibility index (Phi) is 2.76. The van der Waals surface area contributed by atoms with Crippen molar-refractivity contribution in [3.05, 3.63) is 30.1 Å². The Balaban J connectivity index is 2.96. The predicted molar refractivity (Wildman–Crippen MR) is 43.3 cm³/mol. The van der Waals surface area contributed by atoms with Crippen LogP contribution in [0.25, 0.3) is 0 Å². The highest BCUT2D eigenvalue weighted by Gasteiger charge is 2.45. The van der Waals surface area contributed by atoms with Crippen LogP contribution in [0, 0.1) is 0 Å². The van der Waals surface area contributed by atoms with Crippen LogP contribution in [0.4, 0.5) is 8.78 Å². The summed E-state index contributed by atoms with van der Waals surface area (Å²) < 4.78 is 25.7. The number of carbonyl (C=O) groups is 1. The monoisotopic (exact) mass is 202 g/mol. The molecule has 1 rings (SSSR count). The van der Waals surface area contributed by atoms with Crippen molar-refractivity contribution in [2.75, 3.05) is 0 Å². The van der Waals surface area contributed by atoms with Gasteiger partial charge in [0.15, 0.2) is 6.10 Å². The van der Waals surface area contributed by atoms with Gasteiger partial charge >= 0.3 is 5.92 Å². The fraction of sp³-hybridized carbons (Fsp3) is 0.250. The lowest BCUT2D eigenvalue weighted by molar-refractivity contribution is -0.160. The van der Waals surface area contributed by atoms with Gasteiger partial charge in [-0.15, -0.1) is 0 Å². The number of aliphatic hydroxyl groups excluding tert-OH is 1. The summed E-state index contributed by atoms with van der Waals surface area (Å²) in [7, 11) is 0. The van der Waals surface area contributed by atoms with Crippen molar-refractivity contribution in [2.24, 2.45) is 5.73 Å². The van der Waals surface area contributed by atoms with Crippen molar-refractivity contribution in [1.29, 1.82) is 0 Å². The van der Waals surface area contributed by atoms with Gasteiger partial charge < -0.3 is 10.8 Å². The van der Waals surface area contributed by atoms with E-state index >= 15 is 0 Å². The third kappa shape index (κ3) is 1.85. The molecule has 14 heavy (non-hydrogen) atoms. The molecule has 0 aliphatic heterocycles. The Morgan fingerprint density at radius 2 is 2.29 bits per heavy atom. The van der Waals surface area contributed by atoms with Crippen LogP contribution >= 0.6 is 0 Å². The number of pyridine rings is 1. The second-order valence-corrected chi connectivity index (χ2v) is 2.68. The molecule has 1 heterocycles. The molecule has 76 valence electrons. The fourth-order valence-electron chi connectivity index (χ4n) is 0.882. The minimum atomic E-state index is -3.98. The van der Waals surface area contributed by atoms with E-state index in [1.807, 2.05) is 0 Å². The number of nitrogens with zero attached hydrogens (tertiary/aromatic N) is 1. The predicted octanol–water partition coefficient (Wildman–Crippen LogP) is 0.236. The van der Waals surface area contributed by atoms with Gasteiger partial charge in [0, 0.05) is 18.0 Å². The van der Waals surface area contributed by atoms with Gasteiger partial charge in [0.05, 0.1) is 0 Å². The van der Waals surface area contributed by atoms with Gasteiger partial charge in [0.1, 0.15) is 0 Å². The first-order valence-corrected chi connectivity index (χ1v) is 3.72. The number of amides is 1. The summed E-state index contributed by atoms with van der Waals surface area (Å²) in [5.74, 6) is -5.85. The van der Waals surface area contributed by atoms with Crippen molar-refractivity contribution < 1.29 is 18.7 Å². The summed E-state index contributed by atoms with van der Waals surface area (Å²) >= 11 is 0. The number of nitrogens with two attached hydrogens (primary N) is 1. The largest absolute Gasteiger partial charge is 0.381 e. The minimum Gasteiger partial charge on any atom is -0.381 e. The van der Waals surface area contributed by atoms with Crippen LogP contribution in [0.2, 0.25) is 0 Å². The van der Waals surface area contributed by atoms with Gasteiger partial charge in [0.25, 0.3) is 5.91 Å². The van der Waals surface area contributed by atoms with Crippen molar-refractivity contribution in [2.45, 2.75) is 12.0 Å². The Morgan fingerprint density at radius 3 is 2.71 bits per heavy atom. The molecule has 0 radical (unpaired) electrons. The minimum absolute atomic E-state index is 0.156. The van der Waals surface area contributed by atoms with Crippen LogP contribution in [-0.2, 0) is 4.79 Å². The van der Waals surface area contributed by atoms with Crippen molar-refractivity contribution in [3.8, 4) is 0 Å². The molecule has 0 fully saturated rings. The number of hydrogen-bond acceptors (Lipinski definition) is 3. The molecule has 0 unspecified atom stereocenters. The van der Waals surface area contributed by atoms with Gasteiger partial charge in [-0.1, -0.05) is 6.07 Å². The van der Waals surface area contributed by atoms with Gasteiger partial charge in [-0.3, -0.25) is 9.78 Å². The first-order chi connectivity index (χ1) is 6.46. The van der Waals surface area contributed by atoms with E-state index < -0.39 is 17.9 Å². The number of hydrogen-bond donors (Lipinski definition) is 2. The van der Waals surface area contributed by atoms with E-state index in [0.29, 0.717) is 0 Å². The zero-order valence-corrected chi connectivity index (χ0v) is 7.02. The van der Waals surface area contributed by atoms with Crippen LogP contribution < -0.4 is 5.73 Å². The Bertz CT molecular complexity index is 329. The molecule has 6 heteroatoms. The number of aromatic nitrogens is 1. The van der Waals surface area contributed by atoms with Crippen LogP contribution in [-0.4, -0.2) is 21.9 Å². The van der Waals surface area contributed by atoms with E-state index in [-0.39, 0.29) is 5.56 Å². The SMILES string of the molecule is NC(=O)C(F)(F)[C@@H](O)c1cccnc1. The normalized spacial score (nSPS) is 13.6. The first-order valence-electron chi connectivity index (χ1n) is 3.72. The van der Waals surface area contributed by atoms with E-state index in [2.05, 4.69) is 10.7 Å². The van der Waals surface area contributed by atoms with Gasteiger partial charge in [-0.05, 0) is 6.07 Å². The van der Waals surface area contributed by atoms with Crippen molar-refractivity contribution in [3.63, 3.8) is 0 Å². The number of primary amides is 1. The zero-order chi connectivity index (χ0) is 10.8. The molecular formula is C8H8F2N2O2. The lowest BCUT2D eigenvalue weighted by Crippen LogP contribution is -2.41. The van der Waals surface area contributed by atoms with Crippen LogP contribution in [0.15, 0.2) is 24.5 Å².